The van der Waals surface area contributed by atoms with Gasteiger partial charge in [-0.25, -0.2) is 4.98 Å². The van der Waals surface area contributed by atoms with Crippen molar-refractivity contribution in [1.29, 1.82) is 0 Å². The summed E-state index contributed by atoms with van der Waals surface area (Å²) in [5, 5.41) is 0. The molecule has 0 fully saturated rings. The van der Waals surface area contributed by atoms with E-state index in [1.165, 1.54) is 17.1 Å². The number of thioether (sulfide) groups is 1. The third-order valence-electron chi connectivity index (χ3n) is 2.94. The molecule has 2 aromatic rings. The third-order valence-corrected chi connectivity index (χ3v) is 4.93. The van der Waals surface area contributed by atoms with Gasteiger partial charge in [0.05, 0.1) is 7.11 Å². The molecule has 0 bridgehead atoms. The van der Waals surface area contributed by atoms with Crippen LogP contribution < -0.4 is 10.5 Å². The minimum Gasteiger partial charge on any atom is -0.496 e. The Labute approximate surface area is 127 Å². The van der Waals surface area contributed by atoms with Crippen molar-refractivity contribution < 1.29 is 4.74 Å². The summed E-state index contributed by atoms with van der Waals surface area (Å²) in [5.74, 6) is 2.51. The Bertz CT molecular complexity index is 571. The quantitative estimate of drug-likeness (QED) is 0.830. The van der Waals surface area contributed by atoms with Gasteiger partial charge in [0.25, 0.3) is 0 Å². The van der Waals surface area contributed by atoms with Crippen LogP contribution in [0.5, 0.6) is 5.75 Å². The van der Waals surface area contributed by atoms with Gasteiger partial charge < -0.3 is 10.5 Å². The Morgan fingerprint density at radius 1 is 1.45 bits per heavy atom. The lowest BCUT2D eigenvalue weighted by Crippen LogP contribution is -2.14. The van der Waals surface area contributed by atoms with Crippen LogP contribution in [-0.2, 0) is 6.42 Å². The molecule has 0 saturated carbocycles. The number of aryl methyl sites for hydroxylation is 2. The van der Waals surface area contributed by atoms with Crippen molar-refractivity contribution in [2.45, 2.75) is 30.6 Å². The molecular formula is C14H19N3OS2. The first-order valence-electron chi connectivity index (χ1n) is 6.49. The molecule has 0 amide bonds. The fraction of sp³-hybridized carbons (Fsp3) is 0.429. The largest absolute Gasteiger partial charge is 0.496 e. The van der Waals surface area contributed by atoms with Gasteiger partial charge in [-0.15, -0.1) is 0 Å². The summed E-state index contributed by atoms with van der Waals surface area (Å²) in [6, 6.07) is 6.00. The van der Waals surface area contributed by atoms with Crippen molar-refractivity contribution in [2.75, 3.05) is 12.9 Å². The van der Waals surface area contributed by atoms with Crippen molar-refractivity contribution >= 4 is 23.3 Å². The molecule has 1 aromatic heterocycles. The van der Waals surface area contributed by atoms with Crippen LogP contribution >= 0.6 is 23.3 Å². The highest BCUT2D eigenvalue weighted by molar-refractivity contribution is 8.00. The van der Waals surface area contributed by atoms with E-state index in [2.05, 4.69) is 29.3 Å². The fourth-order valence-electron chi connectivity index (χ4n) is 1.83. The SMILES string of the molecule is CCc1nsc(SCC(N)c2cc(C)ccc2OC)n1. The predicted octanol–water partition coefficient (Wildman–Crippen LogP) is 3.21. The van der Waals surface area contributed by atoms with Crippen LogP contribution in [0, 0.1) is 6.92 Å². The van der Waals surface area contributed by atoms with Crippen molar-refractivity contribution in [3.8, 4) is 5.75 Å². The van der Waals surface area contributed by atoms with E-state index in [0.717, 1.165) is 33.7 Å². The number of nitrogens with zero attached hydrogens (tertiary/aromatic N) is 2. The summed E-state index contributed by atoms with van der Waals surface area (Å²) in [6.07, 6.45) is 0.870. The van der Waals surface area contributed by atoms with E-state index in [-0.39, 0.29) is 6.04 Å². The number of ether oxygens (including phenoxy) is 1. The maximum Gasteiger partial charge on any atom is 0.170 e. The van der Waals surface area contributed by atoms with Gasteiger partial charge >= 0.3 is 0 Å². The van der Waals surface area contributed by atoms with E-state index < -0.39 is 0 Å². The van der Waals surface area contributed by atoms with Gasteiger partial charge in [-0.3, -0.25) is 0 Å². The summed E-state index contributed by atoms with van der Waals surface area (Å²) in [5.41, 5.74) is 8.51. The van der Waals surface area contributed by atoms with Crippen molar-refractivity contribution in [3.63, 3.8) is 0 Å². The Hall–Kier alpha value is -1.11. The zero-order valence-corrected chi connectivity index (χ0v) is 13.6. The summed E-state index contributed by atoms with van der Waals surface area (Å²) in [7, 11) is 1.67. The Kier molecular flexibility index (Phi) is 5.39. The molecule has 1 aromatic carbocycles. The highest BCUT2D eigenvalue weighted by Gasteiger charge is 2.14. The first kappa shape index (κ1) is 15.3. The molecule has 4 nitrogen and oxygen atoms in total. The van der Waals surface area contributed by atoms with Gasteiger partial charge in [0.15, 0.2) is 4.34 Å². The van der Waals surface area contributed by atoms with Gasteiger partial charge in [0, 0.05) is 23.8 Å². The highest BCUT2D eigenvalue weighted by atomic mass is 32.2. The topological polar surface area (TPSA) is 61.0 Å². The second kappa shape index (κ2) is 7.06. The van der Waals surface area contributed by atoms with Gasteiger partial charge in [0.2, 0.25) is 0 Å². The maximum atomic E-state index is 6.28. The van der Waals surface area contributed by atoms with Crippen LogP contribution in [-0.4, -0.2) is 22.2 Å². The molecule has 108 valence electrons. The number of hydrogen-bond donors (Lipinski definition) is 1. The average Bonchev–Trinajstić information content (AvgIpc) is 2.92. The first-order valence-corrected chi connectivity index (χ1v) is 8.25. The molecule has 1 heterocycles. The lowest BCUT2D eigenvalue weighted by molar-refractivity contribution is 0.407. The standard InChI is InChI=1S/C14H19N3OS2/c1-4-13-16-14(20-17-13)19-8-11(15)10-7-9(2)5-6-12(10)18-3/h5-7,11H,4,8,15H2,1-3H3. The van der Waals surface area contributed by atoms with Gasteiger partial charge in [-0.05, 0) is 24.5 Å². The molecule has 0 spiro atoms. The molecule has 2 rings (SSSR count). The zero-order valence-electron chi connectivity index (χ0n) is 11.9. The third kappa shape index (κ3) is 3.71. The van der Waals surface area contributed by atoms with Gasteiger partial charge in [-0.2, -0.15) is 4.37 Å². The first-order chi connectivity index (χ1) is 9.63. The monoisotopic (exact) mass is 309 g/mol. The molecule has 0 aliphatic rings. The molecule has 20 heavy (non-hydrogen) atoms. The molecule has 0 saturated heterocycles. The number of benzene rings is 1. The van der Waals surface area contributed by atoms with Gasteiger partial charge in [-0.1, -0.05) is 36.4 Å². The lowest BCUT2D eigenvalue weighted by Gasteiger charge is -2.15. The Morgan fingerprint density at radius 2 is 2.25 bits per heavy atom. The average molecular weight is 309 g/mol. The fourth-order valence-corrected chi connectivity index (χ4v) is 3.53. The second-order valence-corrected chi connectivity index (χ2v) is 6.51. The lowest BCUT2D eigenvalue weighted by atomic mass is 10.1. The molecule has 0 aliphatic heterocycles. The molecule has 1 atom stereocenters. The van der Waals surface area contributed by atoms with Crippen molar-refractivity contribution in [1.82, 2.24) is 9.36 Å². The number of hydrogen-bond acceptors (Lipinski definition) is 6. The van der Waals surface area contributed by atoms with Crippen LogP contribution in [0.2, 0.25) is 0 Å². The smallest absolute Gasteiger partial charge is 0.170 e. The summed E-state index contributed by atoms with van der Waals surface area (Å²) in [4.78, 5) is 4.44. The molecule has 6 heteroatoms. The number of aromatic nitrogens is 2. The predicted molar refractivity (Wildman–Crippen MR) is 84.7 cm³/mol. The van der Waals surface area contributed by atoms with E-state index in [1.54, 1.807) is 18.9 Å². The van der Waals surface area contributed by atoms with E-state index in [9.17, 15) is 0 Å². The van der Waals surface area contributed by atoms with E-state index in [4.69, 9.17) is 10.5 Å². The minimum atomic E-state index is -0.0798. The Balaban J connectivity index is 2.04. The normalized spacial score (nSPS) is 12.4. The van der Waals surface area contributed by atoms with Gasteiger partial charge in [0.1, 0.15) is 11.6 Å². The zero-order chi connectivity index (χ0) is 14.5. The number of methoxy groups -OCH3 is 1. The Morgan fingerprint density at radius 3 is 2.90 bits per heavy atom. The highest BCUT2D eigenvalue weighted by Crippen LogP contribution is 2.30. The molecule has 1 unspecified atom stereocenters. The molecular weight excluding hydrogens is 290 g/mol. The van der Waals surface area contributed by atoms with E-state index >= 15 is 0 Å². The van der Waals surface area contributed by atoms with Crippen LogP contribution in [0.15, 0.2) is 22.5 Å². The van der Waals surface area contributed by atoms with Crippen LogP contribution in [0.3, 0.4) is 0 Å². The summed E-state index contributed by atoms with van der Waals surface area (Å²) >= 11 is 3.09. The molecule has 2 N–H and O–H groups in total. The molecule has 0 radical (unpaired) electrons. The van der Waals surface area contributed by atoms with E-state index in [1.807, 2.05) is 12.1 Å². The number of nitrogens with two attached hydrogens (primary N) is 1. The second-order valence-electron chi connectivity index (χ2n) is 4.49. The summed E-state index contributed by atoms with van der Waals surface area (Å²) in [6.45, 7) is 4.11. The van der Waals surface area contributed by atoms with Crippen molar-refractivity contribution in [3.05, 3.63) is 35.2 Å². The molecule has 0 aliphatic carbocycles. The minimum absolute atomic E-state index is 0.0798. The van der Waals surface area contributed by atoms with Crippen molar-refractivity contribution in [2.24, 2.45) is 5.73 Å². The van der Waals surface area contributed by atoms with Crippen LogP contribution in [0.25, 0.3) is 0 Å². The van der Waals surface area contributed by atoms with Crippen LogP contribution in [0.1, 0.15) is 29.9 Å². The van der Waals surface area contributed by atoms with Crippen LogP contribution in [0.4, 0.5) is 0 Å². The number of rotatable bonds is 6. The maximum absolute atomic E-state index is 6.28. The summed E-state index contributed by atoms with van der Waals surface area (Å²) < 4.78 is 10.6. The van der Waals surface area contributed by atoms with E-state index in [0.29, 0.717) is 0 Å².